The molecule has 2 aromatic carbocycles. The lowest BCUT2D eigenvalue weighted by atomic mass is 10.3. The van der Waals surface area contributed by atoms with Gasteiger partial charge in [-0.05, 0) is 24.3 Å². The van der Waals surface area contributed by atoms with Crippen LogP contribution in [0, 0.1) is 0 Å². The normalized spacial score (nSPS) is 10.8. The van der Waals surface area contributed by atoms with Crippen molar-refractivity contribution in [2.45, 2.75) is 6.54 Å². The first kappa shape index (κ1) is 13.9. The molecule has 0 N–H and O–H groups in total. The van der Waals surface area contributed by atoms with Crippen molar-refractivity contribution in [3.05, 3.63) is 52.5 Å². The lowest BCUT2D eigenvalue weighted by molar-refractivity contribution is -0.135. The fraction of sp³-hybridized carbons (Fsp3) is 0.0714. The number of carbonyl (C=O) groups excluding carboxylic acids is 1. The number of hydrogen-bond acceptors (Lipinski definition) is 4. The largest absolute Gasteiger partial charge is 0.425 e. The Morgan fingerprint density at radius 2 is 1.95 bits per heavy atom. The van der Waals surface area contributed by atoms with Crippen molar-refractivity contribution in [2.75, 3.05) is 0 Å². The predicted octanol–water partition coefficient (Wildman–Crippen LogP) is 3.34. The standard InChI is InChI=1S/C14H9Cl2N3O2/c15-10-6-5-9(7-11(10)16)21-14(20)8-19-13-4-2-1-3-12(13)17-18-19/h1-7H,8H2. The molecule has 0 saturated heterocycles. The highest BCUT2D eigenvalue weighted by Crippen LogP contribution is 2.26. The number of rotatable bonds is 3. The highest BCUT2D eigenvalue weighted by molar-refractivity contribution is 6.42. The van der Waals surface area contributed by atoms with Crippen molar-refractivity contribution < 1.29 is 9.53 Å². The van der Waals surface area contributed by atoms with Crippen LogP contribution in [0.1, 0.15) is 0 Å². The molecule has 0 radical (unpaired) electrons. The summed E-state index contributed by atoms with van der Waals surface area (Å²) in [4.78, 5) is 11.9. The summed E-state index contributed by atoms with van der Waals surface area (Å²) in [6.45, 7) is -0.0409. The molecular weight excluding hydrogens is 313 g/mol. The minimum absolute atomic E-state index is 0.0409. The zero-order chi connectivity index (χ0) is 14.8. The van der Waals surface area contributed by atoms with Crippen molar-refractivity contribution >= 4 is 40.2 Å². The van der Waals surface area contributed by atoms with Crippen LogP contribution >= 0.6 is 23.2 Å². The molecule has 0 aliphatic rings. The molecule has 0 spiro atoms. The topological polar surface area (TPSA) is 57.0 Å². The summed E-state index contributed by atoms with van der Waals surface area (Å²) in [6.07, 6.45) is 0. The highest BCUT2D eigenvalue weighted by atomic mass is 35.5. The number of carbonyl (C=O) groups is 1. The van der Waals surface area contributed by atoms with Crippen LogP contribution in [-0.4, -0.2) is 21.0 Å². The summed E-state index contributed by atoms with van der Waals surface area (Å²) in [6, 6.07) is 12.0. The molecule has 1 heterocycles. The monoisotopic (exact) mass is 321 g/mol. The Bertz CT molecular complexity index is 817. The van der Waals surface area contributed by atoms with Crippen molar-refractivity contribution in [1.82, 2.24) is 15.0 Å². The zero-order valence-corrected chi connectivity index (χ0v) is 12.2. The van der Waals surface area contributed by atoms with E-state index in [0.29, 0.717) is 15.8 Å². The summed E-state index contributed by atoms with van der Waals surface area (Å²) in [5.41, 5.74) is 1.49. The minimum atomic E-state index is -0.468. The second-order valence-electron chi connectivity index (χ2n) is 4.29. The van der Waals surface area contributed by atoms with Gasteiger partial charge in [0.05, 0.1) is 15.6 Å². The van der Waals surface area contributed by atoms with Gasteiger partial charge in [0.15, 0.2) is 0 Å². The van der Waals surface area contributed by atoms with E-state index < -0.39 is 5.97 Å². The molecule has 0 bridgehead atoms. The fourth-order valence-corrected chi connectivity index (χ4v) is 2.15. The summed E-state index contributed by atoms with van der Waals surface area (Å²) >= 11 is 11.7. The molecule has 106 valence electrons. The number of esters is 1. The quantitative estimate of drug-likeness (QED) is 0.548. The molecule has 1 aromatic heterocycles. The maximum Gasteiger partial charge on any atom is 0.333 e. The third-order valence-corrected chi connectivity index (χ3v) is 3.56. The zero-order valence-electron chi connectivity index (χ0n) is 10.7. The summed E-state index contributed by atoms with van der Waals surface area (Å²) < 4.78 is 6.68. The summed E-state index contributed by atoms with van der Waals surface area (Å²) in [7, 11) is 0. The van der Waals surface area contributed by atoms with Gasteiger partial charge in [-0.3, -0.25) is 0 Å². The molecule has 0 aliphatic heterocycles. The molecule has 0 saturated carbocycles. The molecule has 3 rings (SSSR count). The number of ether oxygens (including phenoxy) is 1. The molecule has 0 atom stereocenters. The van der Waals surface area contributed by atoms with E-state index in [2.05, 4.69) is 10.3 Å². The van der Waals surface area contributed by atoms with Gasteiger partial charge in [-0.1, -0.05) is 40.5 Å². The summed E-state index contributed by atoms with van der Waals surface area (Å²) in [5, 5.41) is 8.63. The first-order valence-electron chi connectivity index (χ1n) is 6.07. The van der Waals surface area contributed by atoms with E-state index in [4.69, 9.17) is 27.9 Å². The van der Waals surface area contributed by atoms with Crippen LogP contribution in [0.25, 0.3) is 11.0 Å². The van der Waals surface area contributed by atoms with Crippen molar-refractivity contribution in [3.8, 4) is 5.75 Å². The van der Waals surface area contributed by atoms with Crippen LogP contribution in [0.3, 0.4) is 0 Å². The van der Waals surface area contributed by atoms with E-state index in [0.717, 1.165) is 11.0 Å². The van der Waals surface area contributed by atoms with E-state index in [1.807, 2.05) is 24.3 Å². The van der Waals surface area contributed by atoms with Crippen LogP contribution in [0.5, 0.6) is 5.75 Å². The average Bonchev–Trinajstić information content (AvgIpc) is 2.86. The van der Waals surface area contributed by atoms with Gasteiger partial charge in [0.2, 0.25) is 0 Å². The van der Waals surface area contributed by atoms with Crippen molar-refractivity contribution in [2.24, 2.45) is 0 Å². The number of hydrogen-bond donors (Lipinski definition) is 0. The maximum absolute atomic E-state index is 11.9. The number of nitrogens with zero attached hydrogens (tertiary/aromatic N) is 3. The van der Waals surface area contributed by atoms with Gasteiger partial charge < -0.3 is 4.74 Å². The Labute approximate surface area is 130 Å². The lowest BCUT2D eigenvalue weighted by Gasteiger charge is -2.05. The Kier molecular flexibility index (Phi) is 3.77. The molecule has 0 fully saturated rings. The van der Waals surface area contributed by atoms with Gasteiger partial charge in [-0.25, -0.2) is 9.48 Å². The number of fused-ring (bicyclic) bond motifs is 1. The lowest BCUT2D eigenvalue weighted by Crippen LogP contribution is -2.17. The van der Waals surface area contributed by atoms with Gasteiger partial charge in [0.25, 0.3) is 0 Å². The van der Waals surface area contributed by atoms with Crippen molar-refractivity contribution in [1.29, 1.82) is 0 Å². The van der Waals surface area contributed by atoms with E-state index in [1.54, 1.807) is 12.1 Å². The fourth-order valence-electron chi connectivity index (χ4n) is 1.86. The van der Waals surface area contributed by atoms with Crippen LogP contribution in [-0.2, 0) is 11.3 Å². The molecule has 21 heavy (non-hydrogen) atoms. The smallest absolute Gasteiger partial charge is 0.333 e. The Balaban J connectivity index is 1.75. The van der Waals surface area contributed by atoms with E-state index in [9.17, 15) is 4.79 Å². The molecule has 0 unspecified atom stereocenters. The Hall–Kier alpha value is -2.11. The first-order valence-corrected chi connectivity index (χ1v) is 6.83. The molecule has 0 amide bonds. The third-order valence-electron chi connectivity index (χ3n) is 2.82. The Morgan fingerprint density at radius 3 is 2.76 bits per heavy atom. The number of halogens is 2. The van der Waals surface area contributed by atoms with Gasteiger partial charge in [0, 0.05) is 6.07 Å². The molecule has 5 nitrogen and oxygen atoms in total. The van der Waals surface area contributed by atoms with Gasteiger partial charge in [-0.15, -0.1) is 5.10 Å². The SMILES string of the molecule is O=C(Cn1nnc2ccccc21)Oc1ccc(Cl)c(Cl)c1. The van der Waals surface area contributed by atoms with Gasteiger partial charge in [-0.2, -0.15) is 0 Å². The number of benzene rings is 2. The van der Waals surface area contributed by atoms with Gasteiger partial charge in [0.1, 0.15) is 17.8 Å². The van der Waals surface area contributed by atoms with Crippen LogP contribution in [0.2, 0.25) is 10.0 Å². The Morgan fingerprint density at radius 1 is 1.14 bits per heavy atom. The van der Waals surface area contributed by atoms with Crippen molar-refractivity contribution in [3.63, 3.8) is 0 Å². The maximum atomic E-state index is 11.9. The third kappa shape index (κ3) is 2.99. The highest BCUT2D eigenvalue weighted by Gasteiger charge is 2.11. The van der Waals surface area contributed by atoms with E-state index in [1.165, 1.54) is 10.7 Å². The average molecular weight is 322 g/mol. The first-order chi connectivity index (χ1) is 10.1. The van der Waals surface area contributed by atoms with E-state index >= 15 is 0 Å². The molecule has 7 heteroatoms. The van der Waals surface area contributed by atoms with Crippen LogP contribution in [0.15, 0.2) is 42.5 Å². The second-order valence-corrected chi connectivity index (χ2v) is 5.10. The minimum Gasteiger partial charge on any atom is -0.425 e. The second kappa shape index (κ2) is 5.71. The molecular formula is C14H9Cl2N3O2. The van der Waals surface area contributed by atoms with Crippen LogP contribution in [0.4, 0.5) is 0 Å². The molecule has 3 aromatic rings. The molecule has 0 aliphatic carbocycles. The predicted molar refractivity (Wildman–Crippen MR) is 79.6 cm³/mol. The van der Waals surface area contributed by atoms with Crippen LogP contribution < -0.4 is 4.74 Å². The summed E-state index contributed by atoms with van der Waals surface area (Å²) in [5.74, 6) is -0.136. The number of aromatic nitrogens is 3. The van der Waals surface area contributed by atoms with Gasteiger partial charge >= 0.3 is 5.97 Å². The number of para-hydroxylation sites is 1. The van der Waals surface area contributed by atoms with E-state index in [-0.39, 0.29) is 6.54 Å².